The number of carbonyl (C=O) groups excluding carboxylic acids is 1. The molecule has 3 aromatic carbocycles. The summed E-state index contributed by atoms with van der Waals surface area (Å²) in [6, 6.07) is 19.7. The van der Waals surface area contributed by atoms with Gasteiger partial charge in [-0.3, -0.25) is 4.79 Å². The molecule has 0 aliphatic carbocycles. The molecule has 2 aliphatic rings. The zero-order valence-electron chi connectivity index (χ0n) is 20.7. The highest BCUT2D eigenvalue weighted by atomic mass is 32.2. The second kappa shape index (κ2) is 9.35. The van der Waals surface area contributed by atoms with Gasteiger partial charge in [-0.2, -0.15) is 4.31 Å². The van der Waals surface area contributed by atoms with Crippen LogP contribution < -0.4 is 5.32 Å². The zero-order valence-corrected chi connectivity index (χ0v) is 21.5. The molecule has 1 amide bonds. The van der Waals surface area contributed by atoms with Crippen molar-refractivity contribution in [2.24, 2.45) is 5.92 Å². The molecule has 3 aromatic rings. The average molecular weight is 506 g/mol. The van der Waals surface area contributed by atoms with Crippen molar-refractivity contribution >= 4 is 21.6 Å². The normalized spacial score (nSPS) is 21.4. The Kier molecular flexibility index (Phi) is 6.36. The number of hydrogen-bond acceptors (Lipinski definition) is 5. The molecule has 0 radical (unpaired) electrons. The maximum atomic E-state index is 13.7. The lowest BCUT2D eigenvalue weighted by Gasteiger charge is -2.39. The monoisotopic (exact) mass is 505 g/mol. The van der Waals surface area contributed by atoms with Crippen molar-refractivity contribution < 1.29 is 18.3 Å². The molecule has 2 N–H and O–H groups in total. The molecule has 7 nitrogen and oxygen atoms in total. The fraction of sp³-hybridized carbons (Fsp3) is 0.321. The number of aryl methyl sites for hydroxylation is 1. The maximum absolute atomic E-state index is 13.7. The van der Waals surface area contributed by atoms with Crippen molar-refractivity contribution in [2.75, 3.05) is 32.6 Å². The fourth-order valence-electron chi connectivity index (χ4n) is 5.41. The first-order valence-electron chi connectivity index (χ1n) is 12.1. The van der Waals surface area contributed by atoms with E-state index < -0.39 is 16.1 Å². The van der Waals surface area contributed by atoms with E-state index in [1.807, 2.05) is 55.5 Å². The lowest BCUT2D eigenvalue weighted by Crippen LogP contribution is -2.42. The number of benzene rings is 3. The number of nitrogens with zero attached hydrogens (tertiary/aromatic N) is 2. The Morgan fingerprint density at radius 3 is 2.47 bits per heavy atom. The molecule has 3 atom stereocenters. The summed E-state index contributed by atoms with van der Waals surface area (Å²) in [7, 11) is -0.286. The zero-order chi connectivity index (χ0) is 25.6. The molecule has 0 unspecified atom stereocenters. The van der Waals surface area contributed by atoms with Crippen LogP contribution in [0.25, 0.3) is 11.1 Å². The number of rotatable bonds is 5. The number of aliphatic hydroxyl groups is 1. The van der Waals surface area contributed by atoms with Gasteiger partial charge in [-0.15, -0.1) is 0 Å². The molecule has 0 spiro atoms. The number of amides is 1. The Morgan fingerprint density at radius 1 is 1.06 bits per heavy atom. The number of carbonyl (C=O) groups is 1. The van der Waals surface area contributed by atoms with E-state index in [2.05, 4.69) is 5.32 Å². The largest absolute Gasteiger partial charge is 0.394 e. The van der Waals surface area contributed by atoms with Gasteiger partial charge in [0.05, 0.1) is 23.6 Å². The topological polar surface area (TPSA) is 90.0 Å². The summed E-state index contributed by atoms with van der Waals surface area (Å²) in [5.74, 6) is -0.131. The van der Waals surface area contributed by atoms with Gasteiger partial charge >= 0.3 is 0 Å². The highest BCUT2D eigenvalue weighted by Gasteiger charge is 2.48. The van der Waals surface area contributed by atoms with Crippen molar-refractivity contribution in [2.45, 2.75) is 30.3 Å². The van der Waals surface area contributed by atoms with Crippen LogP contribution in [-0.2, 0) is 10.0 Å². The minimum absolute atomic E-state index is 0.0559. The molecule has 1 fully saturated rings. The Hall–Kier alpha value is -3.20. The fourth-order valence-corrected chi connectivity index (χ4v) is 7.07. The molecular weight excluding hydrogens is 474 g/mol. The van der Waals surface area contributed by atoms with Crippen molar-refractivity contribution in [3.8, 4) is 11.1 Å². The lowest BCUT2D eigenvalue weighted by atomic mass is 9.82. The maximum Gasteiger partial charge on any atom is 0.253 e. The molecular formula is C28H31N3O4S. The Morgan fingerprint density at radius 2 is 1.78 bits per heavy atom. The third-order valence-corrected chi connectivity index (χ3v) is 9.19. The second-order valence-electron chi connectivity index (χ2n) is 9.84. The van der Waals surface area contributed by atoms with Gasteiger partial charge < -0.3 is 15.3 Å². The number of hydrogen-bond donors (Lipinski definition) is 2. The third kappa shape index (κ3) is 4.19. The SMILES string of the molecule is Cc1ccc(S(=O)(=O)N2CC[C@@H]3[C@H]2c2cc(-c4cccc(C(=O)N(C)C)c4)ccc2N[C@@H]3CO)cc1. The number of fused-ring (bicyclic) bond motifs is 3. The van der Waals surface area contributed by atoms with Crippen LogP contribution >= 0.6 is 0 Å². The summed E-state index contributed by atoms with van der Waals surface area (Å²) < 4.78 is 29.1. The number of aliphatic hydroxyl groups excluding tert-OH is 1. The van der Waals surface area contributed by atoms with Gasteiger partial charge in [0.1, 0.15) is 0 Å². The summed E-state index contributed by atoms with van der Waals surface area (Å²) >= 11 is 0. The minimum Gasteiger partial charge on any atom is -0.394 e. The summed E-state index contributed by atoms with van der Waals surface area (Å²) in [6.45, 7) is 2.25. The predicted octanol–water partition coefficient (Wildman–Crippen LogP) is 3.90. The van der Waals surface area contributed by atoms with Crippen molar-refractivity contribution in [3.05, 3.63) is 83.4 Å². The van der Waals surface area contributed by atoms with E-state index in [0.29, 0.717) is 18.5 Å². The van der Waals surface area contributed by atoms with Gasteiger partial charge in [-0.1, -0.05) is 35.9 Å². The minimum atomic E-state index is -3.73. The number of anilines is 1. The van der Waals surface area contributed by atoms with Crippen molar-refractivity contribution in [3.63, 3.8) is 0 Å². The molecule has 1 saturated heterocycles. The lowest BCUT2D eigenvalue weighted by molar-refractivity contribution is 0.0827. The van der Waals surface area contributed by atoms with E-state index >= 15 is 0 Å². The summed E-state index contributed by atoms with van der Waals surface area (Å²) in [4.78, 5) is 14.3. The molecule has 0 bridgehead atoms. The first kappa shape index (κ1) is 24.5. The van der Waals surface area contributed by atoms with Crippen LogP contribution in [0.5, 0.6) is 0 Å². The van der Waals surface area contributed by atoms with Crippen LogP contribution in [0, 0.1) is 12.8 Å². The van der Waals surface area contributed by atoms with Crippen LogP contribution in [0.2, 0.25) is 0 Å². The smallest absolute Gasteiger partial charge is 0.253 e. The van der Waals surface area contributed by atoms with E-state index in [1.54, 1.807) is 41.5 Å². The third-order valence-electron chi connectivity index (χ3n) is 7.30. The molecule has 0 aromatic heterocycles. The molecule has 8 heteroatoms. The van der Waals surface area contributed by atoms with E-state index in [0.717, 1.165) is 27.9 Å². The van der Waals surface area contributed by atoms with Crippen LogP contribution in [0.1, 0.15) is 33.9 Å². The number of nitrogens with one attached hydrogen (secondary N) is 1. The quantitative estimate of drug-likeness (QED) is 0.549. The van der Waals surface area contributed by atoms with Crippen molar-refractivity contribution in [1.29, 1.82) is 0 Å². The summed E-state index contributed by atoms with van der Waals surface area (Å²) in [6.07, 6.45) is 0.657. The van der Waals surface area contributed by atoms with Gasteiger partial charge in [0.25, 0.3) is 5.91 Å². The molecule has 2 aliphatic heterocycles. The predicted molar refractivity (Wildman–Crippen MR) is 140 cm³/mol. The molecule has 36 heavy (non-hydrogen) atoms. The highest BCUT2D eigenvalue weighted by Crippen LogP contribution is 2.49. The first-order valence-corrected chi connectivity index (χ1v) is 13.6. The highest BCUT2D eigenvalue weighted by molar-refractivity contribution is 7.89. The molecule has 188 valence electrons. The molecule has 2 heterocycles. The van der Waals surface area contributed by atoms with Crippen LogP contribution in [0.15, 0.2) is 71.6 Å². The van der Waals surface area contributed by atoms with Crippen LogP contribution in [0.3, 0.4) is 0 Å². The Labute approximate surface area is 212 Å². The standard InChI is InChI=1S/C28H31N3O4S/c1-18-7-10-22(11-8-18)36(34,35)31-14-13-23-26(17-32)29-25-12-9-20(16-24(25)27(23)31)19-5-4-6-21(15-19)28(33)30(2)3/h4-12,15-16,23,26-27,29,32H,13-14,17H2,1-3H3/t23-,26+,27-/m0/s1. The van der Waals surface area contributed by atoms with Gasteiger partial charge in [0.2, 0.25) is 10.0 Å². The summed E-state index contributed by atoms with van der Waals surface area (Å²) in [5, 5.41) is 13.5. The Balaban J connectivity index is 1.58. The van der Waals surface area contributed by atoms with Crippen molar-refractivity contribution in [1.82, 2.24) is 9.21 Å². The van der Waals surface area contributed by atoms with Gasteiger partial charge in [-0.05, 0) is 66.4 Å². The first-order chi connectivity index (χ1) is 17.2. The van der Waals surface area contributed by atoms with Gasteiger partial charge in [-0.25, -0.2) is 8.42 Å². The van der Waals surface area contributed by atoms with E-state index in [9.17, 15) is 18.3 Å². The van der Waals surface area contributed by atoms with Crippen LogP contribution in [-0.4, -0.2) is 61.9 Å². The van der Waals surface area contributed by atoms with Crippen LogP contribution in [0.4, 0.5) is 5.69 Å². The average Bonchev–Trinajstić information content (AvgIpc) is 3.34. The molecule has 5 rings (SSSR count). The molecule has 0 saturated carbocycles. The Bertz CT molecular complexity index is 1400. The second-order valence-corrected chi connectivity index (χ2v) is 11.7. The van der Waals surface area contributed by atoms with E-state index in [-0.39, 0.29) is 29.4 Å². The number of sulfonamides is 1. The summed E-state index contributed by atoms with van der Waals surface area (Å²) in [5.41, 5.74) is 5.10. The van der Waals surface area contributed by atoms with Gasteiger partial charge in [0, 0.05) is 37.8 Å². The van der Waals surface area contributed by atoms with E-state index in [1.165, 1.54) is 0 Å². The van der Waals surface area contributed by atoms with E-state index in [4.69, 9.17) is 0 Å². The van der Waals surface area contributed by atoms with Gasteiger partial charge in [0.15, 0.2) is 0 Å².